The van der Waals surface area contributed by atoms with Crippen molar-refractivity contribution >= 4 is 23.7 Å². The van der Waals surface area contributed by atoms with Gasteiger partial charge in [-0.1, -0.05) is 41.9 Å². The molecule has 2 aromatic carbocycles. The zero-order chi connectivity index (χ0) is 18.9. The van der Waals surface area contributed by atoms with Gasteiger partial charge in [0.25, 0.3) is 0 Å². The van der Waals surface area contributed by atoms with Crippen molar-refractivity contribution in [1.82, 2.24) is 5.43 Å². The summed E-state index contributed by atoms with van der Waals surface area (Å²) in [6.45, 7) is 6.21. The van der Waals surface area contributed by atoms with Gasteiger partial charge in [0.15, 0.2) is 11.5 Å². The monoisotopic (exact) mass is 374 g/mol. The van der Waals surface area contributed by atoms with Crippen LogP contribution in [-0.4, -0.2) is 24.8 Å². The predicted octanol–water partition coefficient (Wildman–Crippen LogP) is 4.22. The predicted molar refractivity (Wildman–Crippen MR) is 104 cm³/mol. The average molecular weight is 375 g/mol. The molecule has 0 fully saturated rings. The van der Waals surface area contributed by atoms with Crippen molar-refractivity contribution in [3.63, 3.8) is 0 Å². The standard InChI is InChI=1S/C20H23ClN2O3/c1-4-25-18-11-16(10-17(21)20(18)26-14(2)3)13-22-23-19(24)12-15-8-6-5-7-9-15/h5-11,13-14H,4,12H2,1-3H3,(H,23,24)/b22-13-. The molecule has 1 amide bonds. The molecule has 1 N–H and O–H groups in total. The number of hydrogen-bond acceptors (Lipinski definition) is 4. The Bertz CT molecular complexity index is 761. The first-order valence-corrected chi connectivity index (χ1v) is 8.86. The largest absolute Gasteiger partial charge is 0.490 e. The second-order valence-electron chi connectivity index (χ2n) is 5.89. The Morgan fingerprint density at radius 1 is 1.27 bits per heavy atom. The summed E-state index contributed by atoms with van der Waals surface area (Å²) < 4.78 is 11.3. The number of halogens is 1. The molecule has 0 bridgehead atoms. The highest BCUT2D eigenvalue weighted by molar-refractivity contribution is 6.32. The van der Waals surface area contributed by atoms with Gasteiger partial charge in [-0.15, -0.1) is 0 Å². The van der Waals surface area contributed by atoms with Crippen LogP contribution in [0.4, 0.5) is 0 Å². The highest BCUT2D eigenvalue weighted by Crippen LogP contribution is 2.37. The molecule has 0 radical (unpaired) electrons. The third-order valence-electron chi connectivity index (χ3n) is 3.30. The molecule has 0 saturated carbocycles. The van der Waals surface area contributed by atoms with Crippen molar-refractivity contribution in [1.29, 1.82) is 0 Å². The summed E-state index contributed by atoms with van der Waals surface area (Å²) in [5, 5.41) is 4.42. The highest BCUT2D eigenvalue weighted by atomic mass is 35.5. The molecule has 0 saturated heterocycles. The molecule has 0 aliphatic carbocycles. The van der Waals surface area contributed by atoms with Crippen LogP contribution in [0.5, 0.6) is 11.5 Å². The van der Waals surface area contributed by atoms with Gasteiger partial charge in [-0.2, -0.15) is 5.10 Å². The number of hydrazone groups is 1. The van der Waals surface area contributed by atoms with E-state index in [0.717, 1.165) is 5.56 Å². The van der Waals surface area contributed by atoms with Crippen molar-refractivity contribution in [3.8, 4) is 11.5 Å². The number of hydrogen-bond donors (Lipinski definition) is 1. The van der Waals surface area contributed by atoms with Gasteiger partial charge in [0.05, 0.1) is 30.4 Å². The lowest BCUT2D eigenvalue weighted by Gasteiger charge is -2.16. The van der Waals surface area contributed by atoms with Gasteiger partial charge in [0.2, 0.25) is 5.91 Å². The van der Waals surface area contributed by atoms with Gasteiger partial charge in [0, 0.05) is 0 Å². The number of nitrogens with one attached hydrogen (secondary N) is 1. The molecule has 0 heterocycles. The lowest BCUT2D eigenvalue weighted by molar-refractivity contribution is -0.120. The fourth-order valence-electron chi connectivity index (χ4n) is 2.28. The summed E-state index contributed by atoms with van der Waals surface area (Å²) in [5.74, 6) is 0.864. The van der Waals surface area contributed by atoms with E-state index in [1.165, 1.54) is 6.21 Å². The molecular weight excluding hydrogens is 352 g/mol. The van der Waals surface area contributed by atoms with Crippen molar-refractivity contribution in [2.75, 3.05) is 6.61 Å². The minimum atomic E-state index is -0.191. The number of rotatable bonds is 8. The molecule has 0 atom stereocenters. The number of nitrogens with zero attached hydrogens (tertiary/aromatic N) is 1. The maximum atomic E-state index is 11.9. The van der Waals surface area contributed by atoms with Gasteiger partial charge in [-0.25, -0.2) is 5.43 Å². The molecule has 2 aromatic rings. The maximum absolute atomic E-state index is 11.9. The molecule has 2 rings (SSSR count). The molecular formula is C20H23ClN2O3. The maximum Gasteiger partial charge on any atom is 0.244 e. The van der Waals surface area contributed by atoms with Crippen LogP contribution in [-0.2, 0) is 11.2 Å². The Morgan fingerprint density at radius 2 is 2.00 bits per heavy atom. The van der Waals surface area contributed by atoms with E-state index in [-0.39, 0.29) is 18.4 Å². The molecule has 0 spiro atoms. The lowest BCUT2D eigenvalue weighted by atomic mass is 10.1. The number of carbonyl (C=O) groups excluding carboxylic acids is 1. The summed E-state index contributed by atoms with van der Waals surface area (Å²) in [6, 6.07) is 13.0. The number of benzene rings is 2. The van der Waals surface area contributed by atoms with Gasteiger partial charge in [-0.3, -0.25) is 4.79 Å². The molecule has 6 heteroatoms. The minimum Gasteiger partial charge on any atom is -0.490 e. The van der Waals surface area contributed by atoms with E-state index in [4.69, 9.17) is 21.1 Å². The fourth-order valence-corrected chi connectivity index (χ4v) is 2.54. The van der Waals surface area contributed by atoms with E-state index in [9.17, 15) is 4.79 Å². The first-order valence-electron chi connectivity index (χ1n) is 8.48. The zero-order valence-corrected chi connectivity index (χ0v) is 15.9. The van der Waals surface area contributed by atoms with Gasteiger partial charge in [-0.05, 0) is 44.0 Å². The Labute approximate surface area is 159 Å². The SMILES string of the molecule is CCOc1cc(/C=N\NC(=O)Cc2ccccc2)cc(Cl)c1OC(C)C. The second-order valence-corrected chi connectivity index (χ2v) is 6.29. The summed E-state index contributed by atoms with van der Waals surface area (Å²) in [6.07, 6.45) is 1.77. The number of ether oxygens (including phenoxy) is 2. The summed E-state index contributed by atoms with van der Waals surface area (Å²) in [7, 11) is 0. The molecule has 26 heavy (non-hydrogen) atoms. The first kappa shape index (κ1) is 19.8. The first-order chi connectivity index (χ1) is 12.5. The van der Waals surface area contributed by atoms with E-state index >= 15 is 0 Å². The summed E-state index contributed by atoms with van der Waals surface area (Å²) in [4.78, 5) is 11.9. The normalized spacial score (nSPS) is 11.0. The van der Waals surface area contributed by atoms with Crippen LogP contribution in [0.3, 0.4) is 0 Å². The minimum absolute atomic E-state index is 0.0245. The van der Waals surface area contributed by atoms with E-state index in [0.29, 0.717) is 28.7 Å². The van der Waals surface area contributed by atoms with Crippen LogP contribution in [0.25, 0.3) is 0 Å². The Balaban J connectivity index is 2.06. The van der Waals surface area contributed by atoms with Gasteiger partial charge < -0.3 is 9.47 Å². The zero-order valence-electron chi connectivity index (χ0n) is 15.2. The smallest absolute Gasteiger partial charge is 0.244 e. The Kier molecular flexibility index (Phi) is 7.48. The van der Waals surface area contributed by atoms with Crippen LogP contribution in [0.1, 0.15) is 31.9 Å². The summed E-state index contributed by atoms with van der Waals surface area (Å²) in [5.41, 5.74) is 4.14. The second kappa shape index (κ2) is 9.82. The van der Waals surface area contributed by atoms with E-state index < -0.39 is 0 Å². The average Bonchev–Trinajstić information content (AvgIpc) is 2.59. The molecule has 0 aliphatic rings. The van der Waals surface area contributed by atoms with E-state index in [1.807, 2.05) is 51.1 Å². The number of amides is 1. The topological polar surface area (TPSA) is 59.9 Å². The quantitative estimate of drug-likeness (QED) is 0.556. The molecule has 0 unspecified atom stereocenters. The number of carbonyl (C=O) groups is 1. The van der Waals surface area contributed by atoms with E-state index in [1.54, 1.807) is 12.1 Å². The summed E-state index contributed by atoms with van der Waals surface area (Å²) >= 11 is 6.31. The molecule has 5 nitrogen and oxygen atoms in total. The third-order valence-corrected chi connectivity index (χ3v) is 3.58. The lowest BCUT2D eigenvalue weighted by Crippen LogP contribution is -2.19. The van der Waals surface area contributed by atoms with Crippen LogP contribution < -0.4 is 14.9 Å². The van der Waals surface area contributed by atoms with Gasteiger partial charge in [0.1, 0.15) is 0 Å². The van der Waals surface area contributed by atoms with Crippen molar-refractivity contribution < 1.29 is 14.3 Å². The van der Waals surface area contributed by atoms with Crippen LogP contribution in [0, 0.1) is 0 Å². The van der Waals surface area contributed by atoms with Crippen LogP contribution in [0.2, 0.25) is 5.02 Å². The van der Waals surface area contributed by atoms with Gasteiger partial charge >= 0.3 is 0 Å². The molecule has 0 aromatic heterocycles. The molecule has 0 aliphatic heterocycles. The van der Waals surface area contributed by atoms with Crippen molar-refractivity contribution in [2.45, 2.75) is 33.3 Å². The van der Waals surface area contributed by atoms with Crippen molar-refractivity contribution in [3.05, 3.63) is 58.6 Å². The third kappa shape index (κ3) is 6.08. The highest BCUT2D eigenvalue weighted by Gasteiger charge is 2.13. The van der Waals surface area contributed by atoms with Crippen LogP contribution in [0.15, 0.2) is 47.6 Å². The van der Waals surface area contributed by atoms with E-state index in [2.05, 4.69) is 10.5 Å². The van der Waals surface area contributed by atoms with Crippen molar-refractivity contribution in [2.24, 2.45) is 5.10 Å². The Morgan fingerprint density at radius 3 is 2.65 bits per heavy atom. The molecule has 138 valence electrons. The Hall–Kier alpha value is -2.53. The fraction of sp³-hybridized carbons (Fsp3) is 0.300. The van der Waals surface area contributed by atoms with Crippen LogP contribution >= 0.6 is 11.6 Å².